The number of anilines is 1. The molecule has 0 aliphatic rings. The number of amides is 1. The summed E-state index contributed by atoms with van der Waals surface area (Å²) >= 11 is 0. The van der Waals surface area contributed by atoms with Gasteiger partial charge in [-0.2, -0.15) is 0 Å². The first-order chi connectivity index (χ1) is 11.7. The minimum atomic E-state index is -0.612. The van der Waals surface area contributed by atoms with E-state index in [1.54, 1.807) is 18.2 Å². The molecule has 5 nitrogen and oxygen atoms in total. The Hall–Kier alpha value is -3.34. The Morgan fingerprint density at radius 2 is 1.88 bits per heavy atom. The number of rotatable bonds is 5. The number of furan rings is 1. The Balaban J connectivity index is 1.56. The molecule has 3 rings (SSSR count). The minimum absolute atomic E-state index is 0.357. The first-order valence-corrected chi connectivity index (χ1v) is 7.38. The van der Waals surface area contributed by atoms with Gasteiger partial charge in [0.1, 0.15) is 5.76 Å². The maximum atomic E-state index is 12.0. The van der Waals surface area contributed by atoms with Crippen molar-refractivity contribution in [1.82, 2.24) is 0 Å². The van der Waals surface area contributed by atoms with Gasteiger partial charge in [-0.25, -0.2) is 4.79 Å². The number of nitrogens with one attached hydrogen (secondary N) is 1. The Morgan fingerprint density at radius 3 is 2.71 bits per heavy atom. The van der Waals surface area contributed by atoms with Crippen LogP contribution in [0.5, 0.6) is 0 Å². The molecule has 0 saturated carbocycles. The molecule has 0 radical (unpaired) electrons. The molecule has 0 unspecified atom stereocenters. The zero-order valence-electron chi connectivity index (χ0n) is 12.8. The van der Waals surface area contributed by atoms with Gasteiger partial charge in [0.25, 0.3) is 5.91 Å². The van der Waals surface area contributed by atoms with Crippen molar-refractivity contribution < 1.29 is 18.7 Å². The molecule has 1 aromatic heterocycles. The van der Waals surface area contributed by atoms with Gasteiger partial charge in [0.2, 0.25) is 0 Å². The number of benzene rings is 2. The molecular formula is C19H15NO4. The van der Waals surface area contributed by atoms with E-state index in [1.165, 1.54) is 18.4 Å². The fourth-order valence-corrected chi connectivity index (χ4v) is 2.24. The van der Waals surface area contributed by atoms with Crippen LogP contribution < -0.4 is 5.32 Å². The molecule has 0 aliphatic carbocycles. The second-order valence-corrected chi connectivity index (χ2v) is 5.03. The van der Waals surface area contributed by atoms with E-state index in [1.807, 2.05) is 36.4 Å². The molecule has 1 amide bonds. The van der Waals surface area contributed by atoms with Gasteiger partial charge in [-0.1, -0.05) is 36.4 Å². The van der Waals surface area contributed by atoms with E-state index >= 15 is 0 Å². The lowest BCUT2D eigenvalue weighted by atomic mass is 10.1. The predicted molar refractivity (Wildman–Crippen MR) is 91.3 cm³/mol. The molecule has 1 N–H and O–H groups in total. The van der Waals surface area contributed by atoms with Gasteiger partial charge >= 0.3 is 5.97 Å². The zero-order chi connectivity index (χ0) is 16.8. The highest BCUT2D eigenvalue weighted by Crippen LogP contribution is 2.22. The molecule has 0 fully saturated rings. The summed E-state index contributed by atoms with van der Waals surface area (Å²) < 4.78 is 9.96. The quantitative estimate of drug-likeness (QED) is 0.575. The van der Waals surface area contributed by atoms with Gasteiger partial charge in [0.05, 0.1) is 6.26 Å². The predicted octanol–water partition coefficient (Wildman–Crippen LogP) is 3.63. The van der Waals surface area contributed by atoms with Gasteiger partial charge in [-0.05, 0) is 29.7 Å². The molecule has 2 aromatic carbocycles. The van der Waals surface area contributed by atoms with E-state index in [0.29, 0.717) is 11.4 Å². The summed E-state index contributed by atoms with van der Waals surface area (Å²) in [5.74, 6) is -0.474. The molecule has 0 aliphatic heterocycles. The van der Waals surface area contributed by atoms with Crippen LogP contribution in [0.4, 0.5) is 5.69 Å². The van der Waals surface area contributed by atoms with Crippen LogP contribution in [0.1, 0.15) is 5.76 Å². The van der Waals surface area contributed by atoms with Crippen LogP contribution in [-0.4, -0.2) is 18.5 Å². The fourth-order valence-electron chi connectivity index (χ4n) is 2.24. The molecule has 24 heavy (non-hydrogen) atoms. The standard InChI is InChI=1S/C19H15NO4/c21-18(13-24-19(22)11-10-15-7-4-12-23-15)20-17-9-3-6-14-5-1-2-8-16(14)17/h1-12H,13H2,(H,20,21). The van der Waals surface area contributed by atoms with Gasteiger partial charge in [0, 0.05) is 17.1 Å². The van der Waals surface area contributed by atoms with Crippen molar-refractivity contribution in [3.63, 3.8) is 0 Å². The van der Waals surface area contributed by atoms with Crippen molar-refractivity contribution in [2.24, 2.45) is 0 Å². The highest BCUT2D eigenvalue weighted by atomic mass is 16.5. The van der Waals surface area contributed by atoms with Crippen LogP contribution in [0.3, 0.4) is 0 Å². The Morgan fingerprint density at radius 1 is 1.04 bits per heavy atom. The van der Waals surface area contributed by atoms with E-state index in [0.717, 1.165) is 10.8 Å². The Kier molecular flexibility index (Phi) is 4.72. The molecule has 3 aromatic rings. The number of hydrogen-bond donors (Lipinski definition) is 1. The van der Waals surface area contributed by atoms with Crippen molar-refractivity contribution in [1.29, 1.82) is 0 Å². The second kappa shape index (κ2) is 7.28. The third-order valence-electron chi connectivity index (χ3n) is 3.34. The van der Waals surface area contributed by atoms with Gasteiger partial charge in [-0.15, -0.1) is 0 Å². The zero-order valence-corrected chi connectivity index (χ0v) is 12.8. The molecular weight excluding hydrogens is 306 g/mol. The minimum Gasteiger partial charge on any atom is -0.465 e. The van der Waals surface area contributed by atoms with E-state index in [-0.39, 0.29) is 6.61 Å². The van der Waals surface area contributed by atoms with Crippen molar-refractivity contribution in [2.45, 2.75) is 0 Å². The van der Waals surface area contributed by atoms with E-state index in [9.17, 15) is 9.59 Å². The molecule has 0 saturated heterocycles. The first kappa shape index (κ1) is 15.6. The SMILES string of the molecule is O=C(COC(=O)C=Cc1ccco1)Nc1cccc2ccccc12. The van der Waals surface area contributed by atoms with E-state index in [2.05, 4.69) is 5.32 Å². The maximum absolute atomic E-state index is 12.0. The Labute approximate surface area is 138 Å². The summed E-state index contributed by atoms with van der Waals surface area (Å²) in [4.78, 5) is 23.5. The van der Waals surface area contributed by atoms with Crippen molar-refractivity contribution in [2.75, 3.05) is 11.9 Å². The van der Waals surface area contributed by atoms with Crippen LogP contribution in [0.2, 0.25) is 0 Å². The summed E-state index contributed by atoms with van der Waals surface area (Å²) in [5.41, 5.74) is 0.681. The van der Waals surface area contributed by atoms with Crippen LogP contribution in [0.25, 0.3) is 16.8 Å². The molecule has 0 spiro atoms. The Bertz CT molecular complexity index is 876. The summed E-state index contributed by atoms with van der Waals surface area (Å²) in [5, 5.41) is 4.70. The molecule has 1 heterocycles. The summed E-state index contributed by atoms with van der Waals surface area (Å²) in [6.45, 7) is -0.357. The number of carbonyl (C=O) groups is 2. The number of carbonyl (C=O) groups excluding carboxylic acids is 2. The van der Waals surface area contributed by atoms with Crippen LogP contribution in [0, 0.1) is 0 Å². The number of esters is 1. The lowest BCUT2D eigenvalue weighted by molar-refractivity contribution is -0.142. The smallest absolute Gasteiger partial charge is 0.331 e. The topological polar surface area (TPSA) is 68.5 Å². The maximum Gasteiger partial charge on any atom is 0.331 e. The molecule has 0 bridgehead atoms. The summed E-state index contributed by atoms with van der Waals surface area (Å²) in [6.07, 6.45) is 4.19. The second-order valence-electron chi connectivity index (χ2n) is 5.03. The van der Waals surface area contributed by atoms with Gasteiger partial charge < -0.3 is 14.5 Å². The van der Waals surface area contributed by atoms with Crippen LogP contribution in [-0.2, 0) is 14.3 Å². The van der Waals surface area contributed by atoms with Gasteiger partial charge in [0.15, 0.2) is 6.61 Å². The van der Waals surface area contributed by atoms with Crippen molar-refractivity contribution in [3.05, 3.63) is 72.7 Å². The fraction of sp³-hybridized carbons (Fsp3) is 0.0526. The van der Waals surface area contributed by atoms with Crippen LogP contribution in [0.15, 0.2) is 71.4 Å². The number of ether oxygens (including phenoxy) is 1. The van der Waals surface area contributed by atoms with Crippen molar-refractivity contribution in [3.8, 4) is 0 Å². The summed E-state index contributed by atoms with van der Waals surface area (Å²) in [7, 11) is 0. The normalized spacial score (nSPS) is 10.8. The number of hydrogen-bond acceptors (Lipinski definition) is 4. The largest absolute Gasteiger partial charge is 0.465 e. The van der Waals surface area contributed by atoms with Gasteiger partial charge in [-0.3, -0.25) is 4.79 Å². The van der Waals surface area contributed by atoms with E-state index < -0.39 is 11.9 Å². The molecule has 120 valence electrons. The van der Waals surface area contributed by atoms with Crippen LogP contribution >= 0.6 is 0 Å². The monoisotopic (exact) mass is 321 g/mol. The third-order valence-corrected chi connectivity index (χ3v) is 3.34. The van der Waals surface area contributed by atoms with Crippen molar-refractivity contribution >= 4 is 34.4 Å². The number of fused-ring (bicyclic) bond motifs is 1. The summed E-state index contributed by atoms with van der Waals surface area (Å²) in [6, 6.07) is 16.8. The average Bonchev–Trinajstić information content (AvgIpc) is 3.12. The lowest BCUT2D eigenvalue weighted by Gasteiger charge is -2.08. The first-order valence-electron chi connectivity index (χ1n) is 7.38. The lowest BCUT2D eigenvalue weighted by Crippen LogP contribution is -2.20. The third kappa shape index (κ3) is 3.89. The highest BCUT2D eigenvalue weighted by Gasteiger charge is 2.08. The average molecular weight is 321 g/mol. The van der Waals surface area contributed by atoms with E-state index in [4.69, 9.17) is 9.15 Å². The molecule has 5 heteroatoms. The highest BCUT2D eigenvalue weighted by molar-refractivity contribution is 6.03. The molecule has 0 atom stereocenters.